The van der Waals surface area contributed by atoms with Gasteiger partial charge in [-0.1, -0.05) is 19.3 Å². The van der Waals surface area contributed by atoms with E-state index in [1.807, 2.05) is 0 Å². The van der Waals surface area contributed by atoms with Gasteiger partial charge in [0.25, 0.3) is 0 Å². The molecule has 2 aliphatic carbocycles. The number of carbonyl (C=O) groups is 1. The highest BCUT2D eigenvalue weighted by Crippen LogP contribution is 2.49. The normalized spacial score (nSPS) is 40.8. The number of rotatable bonds is 1. The Morgan fingerprint density at radius 2 is 2.08 bits per heavy atom. The van der Waals surface area contributed by atoms with Gasteiger partial charge in [0.05, 0.1) is 5.41 Å². The Morgan fingerprint density at radius 1 is 1.25 bits per heavy atom. The summed E-state index contributed by atoms with van der Waals surface area (Å²) in [5.41, 5.74) is -0.304. The van der Waals surface area contributed by atoms with E-state index in [0.29, 0.717) is 0 Å². The summed E-state index contributed by atoms with van der Waals surface area (Å²) in [5.74, 6) is 0.190. The molecule has 2 atom stereocenters. The maximum atomic E-state index is 11.1. The average Bonchev–Trinajstić information content (AvgIpc) is 2.27. The molecule has 0 aromatic rings. The number of fused-ring (bicyclic) bond motifs is 2. The minimum Gasteiger partial charge on any atom is -0.481 e. The third kappa shape index (κ3) is 1.13. The van der Waals surface area contributed by atoms with Crippen LogP contribution in [0.4, 0.5) is 0 Å². The van der Waals surface area contributed by atoms with E-state index < -0.39 is 5.97 Å². The first-order valence-corrected chi connectivity index (χ1v) is 4.96. The van der Waals surface area contributed by atoms with Crippen LogP contribution in [0.5, 0.6) is 0 Å². The summed E-state index contributed by atoms with van der Waals surface area (Å²) in [6, 6.07) is 0. The lowest BCUT2D eigenvalue weighted by atomic mass is 9.82. The summed E-state index contributed by atoms with van der Waals surface area (Å²) in [5, 5.41) is 9.14. The van der Waals surface area contributed by atoms with Crippen molar-refractivity contribution in [1.29, 1.82) is 0 Å². The summed E-state index contributed by atoms with van der Waals surface area (Å²) in [7, 11) is 0. The lowest BCUT2D eigenvalue weighted by Gasteiger charge is -2.22. The van der Waals surface area contributed by atoms with Gasteiger partial charge in [0.2, 0.25) is 0 Å². The molecule has 2 saturated carbocycles. The molecular weight excluding hydrogens is 152 g/mol. The second kappa shape index (κ2) is 2.75. The van der Waals surface area contributed by atoms with Crippen molar-refractivity contribution in [2.75, 3.05) is 0 Å². The summed E-state index contributed by atoms with van der Waals surface area (Å²) >= 11 is 0. The van der Waals surface area contributed by atoms with Crippen molar-refractivity contribution in [2.45, 2.75) is 44.9 Å². The first kappa shape index (κ1) is 8.09. The Morgan fingerprint density at radius 3 is 2.83 bits per heavy atom. The molecule has 2 unspecified atom stereocenters. The predicted octanol–water partition coefficient (Wildman–Crippen LogP) is 2.43. The molecule has 2 bridgehead atoms. The van der Waals surface area contributed by atoms with Crippen molar-refractivity contribution < 1.29 is 9.90 Å². The third-order valence-electron chi connectivity index (χ3n) is 3.68. The highest BCUT2D eigenvalue weighted by atomic mass is 16.4. The van der Waals surface area contributed by atoms with Crippen LogP contribution in [0.1, 0.15) is 44.9 Å². The van der Waals surface area contributed by atoms with E-state index in [9.17, 15) is 4.79 Å². The van der Waals surface area contributed by atoms with Crippen LogP contribution in [-0.4, -0.2) is 11.1 Å². The summed E-state index contributed by atoms with van der Waals surface area (Å²) in [6.45, 7) is 0. The quantitative estimate of drug-likeness (QED) is 0.653. The summed E-state index contributed by atoms with van der Waals surface area (Å²) in [4.78, 5) is 11.1. The minimum atomic E-state index is -0.535. The van der Waals surface area contributed by atoms with E-state index in [4.69, 9.17) is 5.11 Å². The van der Waals surface area contributed by atoms with Crippen LogP contribution in [0.25, 0.3) is 0 Å². The highest BCUT2D eigenvalue weighted by molar-refractivity contribution is 5.75. The van der Waals surface area contributed by atoms with Crippen LogP contribution >= 0.6 is 0 Å². The molecule has 0 aromatic carbocycles. The zero-order chi connectivity index (χ0) is 8.60. The molecule has 0 aliphatic heterocycles. The van der Waals surface area contributed by atoms with E-state index in [1.54, 1.807) is 0 Å². The van der Waals surface area contributed by atoms with Crippen molar-refractivity contribution in [1.82, 2.24) is 0 Å². The maximum absolute atomic E-state index is 11.1. The van der Waals surface area contributed by atoms with Crippen LogP contribution < -0.4 is 0 Å². The maximum Gasteiger partial charge on any atom is 0.309 e. The first-order valence-electron chi connectivity index (χ1n) is 4.96. The van der Waals surface area contributed by atoms with Crippen LogP contribution in [0.3, 0.4) is 0 Å². The molecule has 0 aromatic heterocycles. The first-order chi connectivity index (χ1) is 5.73. The van der Waals surface area contributed by atoms with Crippen LogP contribution in [0.15, 0.2) is 0 Å². The van der Waals surface area contributed by atoms with E-state index in [2.05, 4.69) is 0 Å². The Labute approximate surface area is 73.0 Å². The third-order valence-corrected chi connectivity index (χ3v) is 3.68. The van der Waals surface area contributed by atoms with Gasteiger partial charge in [-0.05, 0) is 31.6 Å². The Bertz CT molecular complexity index is 200. The minimum absolute atomic E-state index is 0.304. The van der Waals surface area contributed by atoms with Crippen LogP contribution in [0.2, 0.25) is 0 Å². The molecule has 68 valence electrons. The van der Waals surface area contributed by atoms with Gasteiger partial charge >= 0.3 is 5.97 Å². The van der Waals surface area contributed by atoms with Gasteiger partial charge in [-0.3, -0.25) is 4.79 Å². The molecule has 0 saturated heterocycles. The molecule has 0 amide bonds. The van der Waals surface area contributed by atoms with Crippen molar-refractivity contribution in [3.8, 4) is 0 Å². The number of carboxylic acid groups (broad SMARTS) is 1. The molecule has 0 heterocycles. The fourth-order valence-corrected chi connectivity index (χ4v) is 2.91. The molecule has 0 spiro atoms. The SMILES string of the molecule is O=C(O)C12CCCCC(CC1)C2. The Hall–Kier alpha value is -0.530. The molecule has 1 N–H and O–H groups in total. The van der Waals surface area contributed by atoms with Crippen LogP contribution in [-0.2, 0) is 4.79 Å². The van der Waals surface area contributed by atoms with E-state index in [0.717, 1.165) is 38.0 Å². The second-order valence-corrected chi connectivity index (χ2v) is 4.44. The predicted molar refractivity (Wildman–Crippen MR) is 45.9 cm³/mol. The van der Waals surface area contributed by atoms with Gasteiger partial charge in [-0.25, -0.2) is 0 Å². The van der Waals surface area contributed by atoms with Gasteiger partial charge < -0.3 is 5.11 Å². The van der Waals surface area contributed by atoms with Crippen LogP contribution in [0, 0.1) is 11.3 Å². The molecule has 0 radical (unpaired) electrons. The van der Waals surface area contributed by atoms with Crippen molar-refractivity contribution in [3.63, 3.8) is 0 Å². The zero-order valence-corrected chi connectivity index (χ0v) is 7.38. The lowest BCUT2D eigenvalue weighted by Crippen LogP contribution is -2.27. The van der Waals surface area contributed by atoms with E-state index in [1.165, 1.54) is 12.8 Å². The standard InChI is InChI=1S/C10H16O2/c11-9(12)10-5-2-1-3-8(7-10)4-6-10/h8H,1-7H2,(H,11,12). The van der Waals surface area contributed by atoms with Gasteiger partial charge in [-0.2, -0.15) is 0 Å². The molecular formula is C10H16O2. The fraction of sp³-hybridized carbons (Fsp3) is 0.900. The number of carboxylic acids is 1. The number of hydrogen-bond acceptors (Lipinski definition) is 1. The Balaban J connectivity index is 2.18. The molecule has 2 aliphatic rings. The lowest BCUT2D eigenvalue weighted by molar-refractivity contribution is -0.149. The smallest absolute Gasteiger partial charge is 0.309 e. The van der Waals surface area contributed by atoms with Crippen molar-refractivity contribution in [3.05, 3.63) is 0 Å². The highest BCUT2D eigenvalue weighted by Gasteiger charge is 2.45. The van der Waals surface area contributed by atoms with Crippen molar-refractivity contribution >= 4 is 5.97 Å². The average molecular weight is 168 g/mol. The van der Waals surface area contributed by atoms with Gasteiger partial charge in [-0.15, -0.1) is 0 Å². The molecule has 2 fully saturated rings. The Kier molecular flexibility index (Phi) is 1.85. The van der Waals surface area contributed by atoms with Gasteiger partial charge in [0.1, 0.15) is 0 Å². The molecule has 2 heteroatoms. The van der Waals surface area contributed by atoms with E-state index in [-0.39, 0.29) is 5.41 Å². The zero-order valence-electron chi connectivity index (χ0n) is 7.38. The molecule has 2 rings (SSSR count). The number of hydrogen-bond donors (Lipinski definition) is 1. The van der Waals surface area contributed by atoms with Gasteiger partial charge in [0, 0.05) is 0 Å². The topological polar surface area (TPSA) is 37.3 Å². The monoisotopic (exact) mass is 168 g/mol. The molecule has 2 nitrogen and oxygen atoms in total. The van der Waals surface area contributed by atoms with E-state index >= 15 is 0 Å². The largest absolute Gasteiger partial charge is 0.481 e. The summed E-state index contributed by atoms with van der Waals surface area (Å²) < 4.78 is 0. The second-order valence-electron chi connectivity index (χ2n) is 4.44. The number of aliphatic carboxylic acids is 1. The van der Waals surface area contributed by atoms with Gasteiger partial charge in [0.15, 0.2) is 0 Å². The fourth-order valence-electron chi connectivity index (χ4n) is 2.91. The molecule has 12 heavy (non-hydrogen) atoms. The van der Waals surface area contributed by atoms with Crippen molar-refractivity contribution in [2.24, 2.45) is 11.3 Å². The summed E-state index contributed by atoms with van der Waals surface area (Å²) in [6.07, 6.45) is 7.64.